The lowest BCUT2D eigenvalue weighted by Crippen LogP contribution is -2.36. The molecule has 0 saturated heterocycles. The summed E-state index contributed by atoms with van der Waals surface area (Å²) in [5.41, 5.74) is 4.32. The van der Waals surface area contributed by atoms with Crippen molar-refractivity contribution in [3.8, 4) is 11.5 Å². The number of fused-ring (bicyclic) bond motifs is 1. The van der Waals surface area contributed by atoms with Crippen LogP contribution in [0.5, 0.6) is 11.5 Å². The van der Waals surface area contributed by atoms with Gasteiger partial charge in [-0.3, -0.25) is 4.79 Å². The first-order valence-corrected chi connectivity index (χ1v) is 17.3. The van der Waals surface area contributed by atoms with E-state index in [0.717, 1.165) is 37.8 Å². The minimum Gasteiger partial charge on any atom is -0.490 e. The van der Waals surface area contributed by atoms with Crippen molar-refractivity contribution in [1.29, 1.82) is 0 Å². The van der Waals surface area contributed by atoms with Crippen LogP contribution in [0.3, 0.4) is 0 Å². The second-order valence-electron chi connectivity index (χ2n) is 11.6. The summed E-state index contributed by atoms with van der Waals surface area (Å²) in [6.07, 6.45) is 1.18. The van der Waals surface area contributed by atoms with Crippen molar-refractivity contribution >= 4 is 67.0 Å². The van der Waals surface area contributed by atoms with Gasteiger partial charge in [0.15, 0.2) is 17.3 Å². The molecule has 1 aromatic heterocycles. The highest BCUT2D eigenvalue weighted by Crippen LogP contribution is 2.48. The second kappa shape index (κ2) is 12.9. The highest BCUT2D eigenvalue weighted by Gasteiger charge is 2.42. The molecule has 2 heterocycles. The molecule has 0 radical (unpaired) electrons. The normalized spacial score (nSPS) is 17.1. The van der Waals surface area contributed by atoms with E-state index in [-0.39, 0.29) is 11.2 Å². The van der Waals surface area contributed by atoms with Crippen LogP contribution < -0.4 is 14.8 Å². The number of ketones is 1. The van der Waals surface area contributed by atoms with Gasteiger partial charge in [-0.1, -0.05) is 83.5 Å². The van der Waals surface area contributed by atoms with E-state index in [1.54, 1.807) is 0 Å². The van der Waals surface area contributed by atoms with E-state index in [0.29, 0.717) is 58.6 Å². The molecule has 0 saturated carbocycles. The summed E-state index contributed by atoms with van der Waals surface area (Å²) in [7, 11) is 0. The molecular weight excluding hydrogens is 728 g/mol. The largest absolute Gasteiger partial charge is 0.490 e. The average molecular weight is 759 g/mol. The number of rotatable bonds is 9. The van der Waals surface area contributed by atoms with Crippen LogP contribution in [0, 0.1) is 5.41 Å². The number of thioether (sulfide) groups is 1. The molecule has 6 rings (SSSR count). The van der Waals surface area contributed by atoms with Crippen molar-refractivity contribution in [1.82, 2.24) is 14.8 Å². The van der Waals surface area contributed by atoms with Gasteiger partial charge in [-0.25, -0.2) is 4.68 Å². The van der Waals surface area contributed by atoms with E-state index in [2.05, 4.69) is 51.0 Å². The Kier molecular flexibility index (Phi) is 9.15. The topological polar surface area (TPSA) is 78.3 Å². The van der Waals surface area contributed by atoms with Crippen molar-refractivity contribution in [2.24, 2.45) is 5.41 Å². The molecule has 1 unspecified atom stereocenters. The Hall–Kier alpha value is -2.79. The number of allylic oxidation sites excluding steroid dienone is 2. The van der Waals surface area contributed by atoms with Crippen LogP contribution in [0.25, 0.3) is 0 Å². The van der Waals surface area contributed by atoms with Crippen molar-refractivity contribution in [2.45, 2.75) is 57.2 Å². The number of ether oxygens (including phenoxy) is 2. The van der Waals surface area contributed by atoms with Crippen molar-refractivity contribution in [3.05, 3.63) is 103 Å². The third kappa shape index (κ3) is 6.59. The fourth-order valence-corrected chi connectivity index (χ4v) is 7.78. The Morgan fingerprint density at radius 2 is 1.91 bits per heavy atom. The number of nitrogens with zero attached hydrogens (tertiary/aromatic N) is 3. The molecular formula is C33H31Br2ClN4O3S. The van der Waals surface area contributed by atoms with Gasteiger partial charge in [-0.15, -0.1) is 5.10 Å². The molecule has 11 heteroatoms. The van der Waals surface area contributed by atoms with Gasteiger partial charge in [0, 0.05) is 32.9 Å². The molecule has 0 amide bonds. The number of halogens is 3. The number of hydrogen-bond acceptors (Lipinski definition) is 7. The quantitative estimate of drug-likeness (QED) is 0.171. The van der Waals surface area contributed by atoms with Crippen LogP contribution in [0.2, 0.25) is 5.02 Å². The molecule has 0 bridgehead atoms. The maximum Gasteiger partial charge on any atom is 0.227 e. The van der Waals surface area contributed by atoms with E-state index in [4.69, 9.17) is 31.2 Å². The maximum atomic E-state index is 13.8. The fraction of sp³-hybridized carbons (Fsp3) is 0.303. The molecule has 0 spiro atoms. The van der Waals surface area contributed by atoms with Crippen LogP contribution >= 0.6 is 55.2 Å². The Morgan fingerprint density at radius 1 is 1.09 bits per heavy atom. The summed E-state index contributed by atoms with van der Waals surface area (Å²) in [6, 6.07) is 19.2. The lowest BCUT2D eigenvalue weighted by molar-refractivity contribution is -0.118. The van der Waals surface area contributed by atoms with E-state index < -0.39 is 6.04 Å². The number of hydrogen-bond donors (Lipinski definition) is 1. The van der Waals surface area contributed by atoms with E-state index in [1.807, 2.05) is 72.3 Å². The van der Waals surface area contributed by atoms with Crippen LogP contribution in [0.4, 0.5) is 5.95 Å². The number of carbonyl (C=O) groups excluding carboxylic acids is 1. The molecule has 1 atom stereocenters. The predicted octanol–water partition coefficient (Wildman–Crippen LogP) is 9.38. The lowest BCUT2D eigenvalue weighted by atomic mass is 9.73. The van der Waals surface area contributed by atoms with E-state index in [1.165, 1.54) is 11.8 Å². The molecule has 7 nitrogen and oxygen atoms in total. The lowest BCUT2D eigenvalue weighted by Gasteiger charge is -2.38. The zero-order chi connectivity index (χ0) is 31.0. The van der Waals surface area contributed by atoms with Crippen molar-refractivity contribution < 1.29 is 14.3 Å². The Labute approximate surface area is 283 Å². The summed E-state index contributed by atoms with van der Waals surface area (Å²) in [5.74, 6) is 2.52. The molecule has 2 aliphatic rings. The van der Waals surface area contributed by atoms with Gasteiger partial charge in [0.1, 0.15) is 12.6 Å². The summed E-state index contributed by atoms with van der Waals surface area (Å²) in [4.78, 5) is 18.6. The summed E-state index contributed by atoms with van der Waals surface area (Å²) in [6.45, 7) is 7.00. The smallest absolute Gasteiger partial charge is 0.227 e. The monoisotopic (exact) mass is 756 g/mol. The van der Waals surface area contributed by atoms with Gasteiger partial charge < -0.3 is 14.8 Å². The van der Waals surface area contributed by atoms with Crippen LogP contribution in [-0.2, 0) is 17.2 Å². The zero-order valence-electron chi connectivity index (χ0n) is 24.5. The fourth-order valence-electron chi connectivity index (χ4n) is 5.65. The zero-order valence-corrected chi connectivity index (χ0v) is 29.2. The van der Waals surface area contributed by atoms with Crippen molar-refractivity contribution in [3.63, 3.8) is 0 Å². The van der Waals surface area contributed by atoms with Crippen LogP contribution in [0.1, 0.15) is 56.3 Å². The molecule has 1 aliphatic carbocycles. The Balaban J connectivity index is 1.39. The molecule has 3 aromatic carbocycles. The number of benzene rings is 3. The number of aromatic nitrogens is 3. The first kappa shape index (κ1) is 31.2. The molecule has 0 fully saturated rings. The van der Waals surface area contributed by atoms with Gasteiger partial charge in [-0.2, -0.15) is 4.98 Å². The van der Waals surface area contributed by atoms with Crippen LogP contribution in [-0.4, -0.2) is 27.2 Å². The summed E-state index contributed by atoms with van der Waals surface area (Å²) < 4.78 is 15.9. The highest BCUT2D eigenvalue weighted by molar-refractivity contribution is 9.10. The average Bonchev–Trinajstić information content (AvgIpc) is 3.37. The van der Waals surface area contributed by atoms with Gasteiger partial charge >= 0.3 is 0 Å². The molecule has 44 heavy (non-hydrogen) atoms. The number of nitrogens with one attached hydrogen (secondary N) is 1. The Bertz CT molecular complexity index is 1770. The Morgan fingerprint density at radius 3 is 2.68 bits per heavy atom. The third-order valence-electron chi connectivity index (χ3n) is 7.55. The molecule has 1 N–H and O–H groups in total. The standard InChI is InChI=1S/C33H31Br2ClN4O3S/c1-4-42-27-14-21(13-23(35)30(27)43-17-19-8-7-10-22(34)12-19)29-28-25(15-33(2,3)16-26(28)41)37-31-38-32(39-40(29)31)44-18-20-9-5-6-11-24(20)36/h5-14,29H,4,15-18H2,1-3H3,(H,37,38,39). The first-order chi connectivity index (χ1) is 21.1. The van der Waals surface area contributed by atoms with Gasteiger partial charge in [0.25, 0.3) is 0 Å². The summed E-state index contributed by atoms with van der Waals surface area (Å²) >= 11 is 15.2. The third-order valence-corrected chi connectivity index (χ3v) is 9.88. The van der Waals surface area contributed by atoms with Crippen LogP contribution in [0.15, 0.2) is 86.0 Å². The predicted molar refractivity (Wildman–Crippen MR) is 182 cm³/mol. The second-order valence-corrected chi connectivity index (χ2v) is 14.7. The number of Topliss-reactive ketones (excluding diaryl/α,β-unsaturated/α-hetero) is 1. The minimum absolute atomic E-state index is 0.101. The van der Waals surface area contributed by atoms with E-state index >= 15 is 0 Å². The van der Waals surface area contributed by atoms with Gasteiger partial charge in [0.05, 0.1) is 11.1 Å². The first-order valence-electron chi connectivity index (χ1n) is 14.3. The maximum absolute atomic E-state index is 13.8. The van der Waals surface area contributed by atoms with Gasteiger partial charge in [0.2, 0.25) is 11.1 Å². The molecule has 1 aliphatic heterocycles. The molecule has 228 valence electrons. The SMILES string of the molecule is CCOc1cc(C2C3=C(CC(C)(C)CC3=O)Nc3nc(SCc4ccccc4Cl)nn32)cc(Br)c1OCc1cccc(Br)c1. The van der Waals surface area contributed by atoms with Crippen molar-refractivity contribution in [2.75, 3.05) is 11.9 Å². The minimum atomic E-state index is -0.485. The summed E-state index contributed by atoms with van der Waals surface area (Å²) in [5, 5.41) is 9.68. The number of carbonyl (C=O) groups is 1. The highest BCUT2D eigenvalue weighted by atomic mass is 79.9. The van der Waals surface area contributed by atoms with Gasteiger partial charge in [-0.05, 0) is 81.7 Å². The number of anilines is 1. The molecule has 4 aromatic rings. The van der Waals surface area contributed by atoms with E-state index in [9.17, 15) is 4.79 Å².